The summed E-state index contributed by atoms with van der Waals surface area (Å²) in [5, 5.41) is 0. The number of hydrogen-bond donors (Lipinski definition) is 0. The molecular weight excluding hydrogens is 196 g/mol. The first-order valence-corrected chi connectivity index (χ1v) is 7.04. The first-order chi connectivity index (χ1) is 7.51. The van der Waals surface area contributed by atoms with E-state index >= 15 is 0 Å². The van der Waals surface area contributed by atoms with Crippen molar-refractivity contribution in [1.82, 2.24) is 0 Å². The third-order valence-corrected chi connectivity index (χ3v) is 6.00. The van der Waals surface area contributed by atoms with Gasteiger partial charge in [0.05, 0.1) is 0 Å². The summed E-state index contributed by atoms with van der Waals surface area (Å²) in [6, 6.07) is 0. The number of hydrogen-bond acceptors (Lipinski definition) is 1. The number of fused-ring (bicyclic) bond motifs is 2. The van der Waals surface area contributed by atoms with Crippen molar-refractivity contribution in [3.05, 3.63) is 0 Å². The Labute approximate surface area is 99.0 Å². The Balaban J connectivity index is 1.83. The van der Waals surface area contributed by atoms with Crippen LogP contribution in [-0.4, -0.2) is 5.78 Å². The van der Waals surface area contributed by atoms with Crippen LogP contribution in [0.5, 0.6) is 0 Å². The molecule has 3 aliphatic rings. The van der Waals surface area contributed by atoms with Crippen molar-refractivity contribution >= 4 is 5.78 Å². The third kappa shape index (κ3) is 1.33. The van der Waals surface area contributed by atoms with Gasteiger partial charge >= 0.3 is 0 Å². The quantitative estimate of drug-likeness (QED) is 0.659. The lowest BCUT2D eigenvalue weighted by Crippen LogP contribution is -2.48. The van der Waals surface area contributed by atoms with E-state index in [4.69, 9.17) is 0 Å². The number of rotatable bonds is 1. The molecule has 0 radical (unpaired) electrons. The fourth-order valence-electron chi connectivity index (χ4n) is 4.98. The number of carbonyl (C=O) groups is 1. The highest BCUT2D eigenvalue weighted by Gasteiger charge is 2.56. The zero-order valence-corrected chi connectivity index (χ0v) is 10.8. The molecule has 3 saturated carbocycles. The summed E-state index contributed by atoms with van der Waals surface area (Å²) in [5.41, 5.74) is 0.580. The van der Waals surface area contributed by atoms with Crippen molar-refractivity contribution in [2.75, 3.05) is 0 Å². The molecule has 1 nitrogen and oxygen atoms in total. The van der Waals surface area contributed by atoms with E-state index in [1.807, 2.05) is 0 Å². The second-order valence-electron chi connectivity index (χ2n) is 7.18. The Hall–Kier alpha value is -0.330. The first-order valence-electron chi connectivity index (χ1n) is 7.04. The highest BCUT2D eigenvalue weighted by molar-refractivity contribution is 5.87. The lowest BCUT2D eigenvalue weighted by atomic mass is 9.53. The Kier molecular flexibility index (Phi) is 2.25. The van der Waals surface area contributed by atoms with Crippen LogP contribution in [-0.2, 0) is 4.79 Å². The molecule has 0 saturated heterocycles. The van der Waals surface area contributed by atoms with Crippen LogP contribution < -0.4 is 0 Å². The van der Waals surface area contributed by atoms with Crippen LogP contribution in [0.4, 0.5) is 0 Å². The summed E-state index contributed by atoms with van der Waals surface area (Å²) < 4.78 is 0. The van der Waals surface area contributed by atoms with Crippen molar-refractivity contribution < 1.29 is 4.79 Å². The van der Waals surface area contributed by atoms with Gasteiger partial charge in [-0.3, -0.25) is 4.79 Å². The molecule has 0 unspecified atom stereocenters. The van der Waals surface area contributed by atoms with Gasteiger partial charge in [0, 0.05) is 12.3 Å². The molecule has 0 aromatic heterocycles. The van der Waals surface area contributed by atoms with E-state index < -0.39 is 0 Å². The second kappa shape index (κ2) is 3.34. The molecule has 90 valence electrons. The fraction of sp³-hybridized carbons (Fsp3) is 0.933. The molecule has 3 fully saturated rings. The van der Waals surface area contributed by atoms with Gasteiger partial charge in [-0.25, -0.2) is 0 Å². The Bertz CT molecular complexity index is 319. The zero-order chi connectivity index (χ0) is 11.5. The van der Waals surface area contributed by atoms with E-state index in [-0.39, 0.29) is 0 Å². The van der Waals surface area contributed by atoms with E-state index in [0.717, 1.165) is 30.1 Å². The van der Waals surface area contributed by atoms with Crippen molar-refractivity contribution in [2.45, 2.75) is 52.9 Å². The van der Waals surface area contributed by atoms with Gasteiger partial charge in [-0.2, -0.15) is 0 Å². The number of ketones is 1. The van der Waals surface area contributed by atoms with Gasteiger partial charge in [-0.05, 0) is 54.8 Å². The van der Waals surface area contributed by atoms with Crippen molar-refractivity contribution in [2.24, 2.45) is 35.0 Å². The SMILES string of the molecule is CC(C)[C@@H]1CC[C@]2(C)C[C@@H]3CC(=O)[C@@H]3C[C@@H]12. The standard InChI is InChI=1S/C15H24O/c1-9(2)11-4-5-15(3)8-10-6-14(16)12(10)7-13(11)15/h9-13H,4-8H2,1-3H3/t10-,11-,12+,13-,15+/m0/s1. The van der Waals surface area contributed by atoms with Gasteiger partial charge in [0.15, 0.2) is 0 Å². The minimum absolute atomic E-state index is 0.470. The van der Waals surface area contributed by atoms with Crippen LogP contribution >= 0.6 is 0 Å². The monoisotopic (exact) mass is 220 g/mol. The maximum absolute atomic E-state index is 11.6. The van der Waals surface area contributed by atoms with Crippen molar-refractivity contribution in [3.8, 4) is 0 Å². The largest absolute Gasteiger partial charge is 0.299 e. The highest BCUT2D eigenvalue weighted by atomic mass is 16.1. The molecule has 16 heavy (non-hydrogen) atoms. The lowest BCUT2D eigenvalue weighted by molar-refractivity contribution is -0.142. The summed E-state index contributed by atoms with van der Waals surface area (Å²) in [6.07, 6.45) is 6.30. The van der Waals surface area contributed by atoms with E-state index in [1.165, 1.54) is 25.7 Å². The summed E-state index contributed by atoms with van der Waals surface area (Å²) in [7, 11) is 0. The average Bonchev–Trinajstić information content (AvgIpc) is 2.53. The third-order valence-electron chi connectivity index (χ3n) is 6.00. The average molecular weight is 220 g/mol. The summed E-state index contributed by atoms with van der Waals surface area (Å²) in [6.45, 7) is 7.23. The van der Waals surface area contributed by atoms with E-state index in [2.05, 4.69) is 20.8 Å². The van der Waals surface area contributed by atoms with Gasteiger partial charge in [-0.15, -0.1) is 0 Å². The molecule has 0 aromatic carbocycles. The van der Waals surface area contributed by atoms with Crippen LogP contribution in [0, 0.1) is 35.0 Å². The highest BCUT2D eigenvalue weighted by Crippen LogP contribution is 2.62. The molecule has 0 amide bonds. The minimum Gasteiger partial charge on any atom is -0.299 e. The van der Waals surface area contributed by atoms with E-state index in [1.54, 1.807) is 0 Å². The molecule has 3 aliphatic carbocycles. The van der Waals surface area contributed by atoms with Crippen LogP contribution in [0.3, 0.4) is 0 Å². The molecule has 3 rings (SSSR count). The maximum atomic E-state index is 11.6. The minimum atomic E-state index is 0.470. The van der Waals surface area contributed by atoms with Gasteiger partial charge in [0.1, 0.15) is 5.78 Å². The molecule has 0 spiro atoms. The summed E-state index contributed by atoms with van der Waals surface area (Å²) in [5.74, 6) is 4.34. The zero-order valence-electron chi connectivity index (χ0n) is 10.8. The molecule has 5 atom stereocenters. The molecule has 0 N–H and O–H groups in total. The van der Waals surface area contributed by atoms with Gasteiger partial charge < -0.3 is 0 Å². The second-order valence-corrected chi connectivity index (χ2v) is 7.18. The summed E-state index contributed by atoms with van der Waals surface area (Å²) >= 11 is 0. The van der Waals surface area contributed by atoms with Crippen LogP contribution in [0.25, 0.3) is 0 Å². The topological polar surface area (TPSA) is 17.1 Å². The van der Waals surface area contributed by atoms with Gasteiger partial charge in [-0.1, -0.05) is 20.8 Å². The maximum Gasteiger partial charge on any atom is 0.136 e. The van der Waals surface area contributed by atoms with Gasteiger partial charge in [0.2, 0.25) is 0 Å². The predicted octanol–water partition coefficient (Wildman–Crippen LogP) is 3.67. The predicted molar refractivity (Wildman–Crippen MR) is 65.0 cm³/mol. The molecular formula is C15H24O. The Morgan fingerprint density at radius 2 is 2.12 bits per heavy atom. The normalized spacial score (nSPS) is 51.1. The molecule has 0 aromatic rings. The Morgan fingerprint density at radius 3 is 2.75 bits per heavy atom. The summed E-state index contributed by atoms with van der Waals surface area (Å²) in [4.78, 5) is 11.6. The first kappa shape index (κ1) is 10.8. The number of Topliss-reactive ketones (excluding diaryl/α,β-unsaturated/α-hetero) is 1. The van der Waals surface area contributed by atoms with E-state index in [9.17, 15) is 4.79 Å². The van der Waals surface area contributed by atoms with Crippen molar-refractivity contribution in [3.63, 3.8) is 0 Å². The lowest BCUT2D eigenvalue weighted by Gasteiger charge is -2.51. The van der Waals surface area contributed by atoms with Crippen LogP contribution in [0.1, 0.15) is 52.9 Å². The smallest absolute Gasteiger partial charge is 0.136 e. The number of carbonyl (C=O) groups excluding carboxylic acids is 1. The fourth-order valence-corrected chi connectivity index (χ4v) is 4.98. The van der Waals surface area contributed by atoms with E-state index in [0.29, 0.717) is 17.1 Å². The molecule has 1 heteroatoms. The molecule has 0 heterocycles. The van der Waals surface area contributed by atoms with Crippen LogP contribution in [0.2, 0.25) is 0 Å². The molecule has 0 bridgehead atoms. The Morgan fingerprint density at radius 1 is 1.38 bits per heavy atom. The molecule has 0 aliphatic heterocycles. The van der Waals surface area contributed by atoms with Crippen molar-refractivity contribution in [1.29, 1.82) is 0 Å². The van der Waals surface area contributed by atoms with Crippen LogP contribution in [0.15, 0.2) is 0 Å². The van der Waals surface area contributed by atoms with Gasteiger partial charge in [0.25, 0.3) is 0 Å².